The molecule has 0 aromatic carbocycles. The van der Waals surface area contributed by atoms with Gasteiger partial charge in [-0.05, 0) is 20.9 Å². The number of likely N-dealkylation sites (N-methyl/N-ethyl adjacent to an activating group) is 1. The van der Waals surface area contributed by atoms with Gasteiger partial charge in [0.15, 0.2) is 0 Å². The van der Waals surface area contributed by atoms with Crippen molar-refractivity contribution >= 4 is 17.6 Å². The first-order valence-electron chi connectivity index (χ1n) is 4.51. The highest BCUT2D eigenvalue weighted by molar-refractivity contribution is 6.31. The fourth-order valence-electron chi connectivity index (χ4n) is 1.15. The Morgan fingerprint density at radius 1 is 1.80 bits per heavy atom. The van der Waals surface area contributed by atoms with Gasteiger partial charge < -0.3 is 10.4 Å². The van der Waals surface area contributed by atoms with E-state index < -0.39 is 11.5 Å². The molecule has 0 radical (unpaired) electrons. The lowest BCUT2D eigenvalue weighted by Gasteiger charge is -2.23. The molecule has 0 aliphatic rings. The number of aliphatic carboxylic acids is 1. The molecule has 0 amide bonds. The van der Waals surface area contributed by atoms with Crippen molar-refractivity contribution in [1.82, 2.24) is 15.1 Å². The van der Waals surface area contributed by atoms with Crippen LogP contribution in [0.2, 0.25) is 5.02 Å². The van der Waals surface area contributed by atoms with Crippen LogP contribution in [0.15, 0.2) is 6.20 Å². The zero-order valence-electron chi connectivity index (χ0n) is 8.91. The van der Waals surface area contributed by atoms with Crippen LogP contribution in [0.1, 0.15) is 12.6 Å². The number of carbonyl (C=O) groups is 1. The number of hydrogen-bond donors (Lipinski definition) is 2. The third-order valence-corrected chi connectivity index (χ3v) is 2.76. The van der Waals surface area contributed by atoms with Gasteiger partial charge in [-0.2, -0.15) is 5.10 Å². The summed E-state index contributed by atoms with van der Waals surface area (Å²) in [5.41, 5.74) is -0.345. The number of carboxylic acid groups (broad SMARTS) is 1. The van der Waals surface area contributed by atoms with Crippen LogP contribution in [0.4, 0.5) is 0 Å². The Morgan fingerprint density at radius 2 is 2.40 bits per heavy atom. The molecule has 0 saturated heterocycles. The SMILES string of the molecule is CNC(C)(Cn1cc(Cl)c(C)n1)C(=O)O. The summed E-state index contributed by atoms with van der Waals surface area (Å²) in [6.07, 6.45) is 1.62. The van der Waals surface area contributed by atoms with Gasteiger partial charge in [0.2, 0.25) is 0 Å². The molecule has 2 N–H and O–H groups in total. The van der Waals surface area contributed by atoms with Crippen LogP contribution >= 0.6 is 11.6 Å². The van der Waals surface area contributed by atoms with Crippen molar-refractivity contribution in [2.24, 2.45) is 0 Å². The molecule has 0 spiro atoms. The number of carboxylic acids is 1. The summed E-state index contributed by atoms with van der Waals surface area (Å²) in [6, 6.07) is 0. The summed E-state index contributed by atoms with van der Waals surface area (Å²) in [4.78, 5) is 11.0. The van der Waals surface area contributed by atoms with Gasteiger partial charge in [-0.15, -0.1) is 0 Å². The van der Waals surface area contributed by atoms with Crippen LogP contribution in [-0.4, -0.2) is 33.4 Å². The summed E-state index contributed by atoms with van der Waals surface area (Å²) in [7, 11) is 1.60. The molecule has 1 aromatic heterocycles. The predicted octanol–water partition coefficient (Wildman–Crippen LogP) is 0.908. The minimum Gasteiger partial charge on any atom is -0.480 e. The third-order valence-electron chi connectivity index (χ3n) is 2.39. The molecular weight excluding hydrogens is 218 g/mol. The summed E-state index contributed by atoms with van der Waals surface area (Å²) < 4.78 is 1.53. The standard InChI is InChI=1S/C9H14ClN3O2/c1-6-7(10)4-13(12-6)5-9(2,11-3)8(14)15/h4,11H,5H2,1-3H3,(H,14,15). The van der Waals surface area contributed by atoms with Gasteiger partial charge in [0, 0.05) is 6.20 Å². The van der Waals surface area contributed by atoms with E-state index in [1.807, 2.05) is 0 Å². The fourth-order valence-corrected chi connectivity index (χ4v) is 1.30. The second-order valence-corrected chi connectivity index (χ2v) is 4.05. The van der Waals surface area contributed by atoms with Gasteiger partial charge in [-0.1, -0.05) is 11.6 Å². The zero-order valence-corrected chi connectivity index (χ0v) is 9.67. The van der Waals surface area contributed by atoms with Crippen LogP contribution in [0.3, 0.4) is 0 Å². The van der Waals surface area contributed by atoms with Crippen LogP contribution in [0, 0.1) is 6.92 Å². The molecule has 1 atom stereocenters. The molecule has 84 valence electrons. The molecule has 6 heteroatoms. The maximum atomic E-state index is 11.0. The van der Waals surface area contributed by atoms with E-state index in [9.17, 15) is 4.79 Å². The van der Waals surface area contributed by atoms with Crippen molar-refractivity contribution in [3.63, 3.8) is 0 Å². The lowest BCUT2D eigenvalue weighted by Crippen LogP contribution is -2.50. The first kappa shape index (κ1) is 12.0. The summed E-state index contributed by atoms with van der Waals surface area (Å²) in [5, 5.41) is 16.4. The highest BCUT2D eigenvalue weighted by Gasteiger charge is 2.32. The second kappa shape index (κ2) is 4.20. The third kappa shape index (κ3) is 2.49. The quantitative estimate of drug-likeness (QED) is 0.808. The van der Waals surface area contributed by atoms with Crippen LogP contribution in [-0.2, 0) is 11.3 Å². The summed E-state index contributed by atoms with van der Waals surface area (Å²) in [6.45, 7) is 3.60. The van der Waals surface area contributed by atoms with Gasteiger partial charge in [-0.3, -0.25) is 9.48 Å². The van der Waals surface area contributed by atoms with Gasteiger partial charge >= 0.3 is 5.97 Å². The number of nitrogens with zero attached hydrogens (tertiary/aromatic N) is 2. The number of hydrogen-bond acceptors (Lipinski definition) is 3. The Kier molecular flexibility index (Phi) is 3.36. The van der Waals surface area contributed by atoms with Crippen molar-refractivity contribution in [3.8, 4) is 0 Å². The molecule has 0 saturated carbocycles. The molecule has 1 unspecified atom stereocenters. The average molecular weight is 232 g/mol. The normalized spacial score (nSPS) is 14.9. The van der Waals surface area contributed by atoms with E-state index in [1.54, 1.807) is 27.1 Å². The molecular formula is C9H14ClN3O2. The highest BCUT2D eigenvalue weighted by atomic mass is 35.5. The van der Waals surface area contributed by atoms with Gasteiger partial charge in [0.25, 0.3) is 0 Å². The van der Waals surface area contributed by atoms with E-state index in [4.69, 9.17) is 16.7 Å². The maximum absolute atomic E-state index is 11.0. The molecule has 5 nitrogen and oxygen atoms in total. The van der Waals surface area contributed by atoms with E-state index in [0.717, 1.165) is 0 Å². The van der Waals surface area contributed by atoms with E-state index in [2.05, 4.69) is 10.4 Å². The Labute approximate surface area is 93.0 Å². The van der Waals surface area contributed by atoms with E-state index in [-0.39, 0.29) is 6.54 Å². The number of aromatic nitrogens is 2. The molecule has 0 fully saturated rings. The smallest absolute Gasteiger partial charge is 0.325 e. The topological polar surface area (TPSA) is 67.2 Å². The number of halogens is 1. The van der Waals surface area contributed by atoms with Crippen molar-refractivity contribution in [2.45, 2.75) is 25.9 Å². The molecule has 0 aliphatic carbocycles. The molecule has 0 aliphatic heterocycles. The minimum atomic E-state index is -1.04. The Hall–Kier alpha value is -1.07. The van der Waals surface area contributed by atoms with E-state index >= 15 is 0 Å². The first-order valence-corrected chi connectivity index (χ1v) is 4.88. The largest absolute Gasteiger partial charge is 0.480 e. The van der Waals surface area contributed by atoms with Gasteiger partial charge in [-0.25, -0.2) is 0 Å². The first-order chi connectivity index (χ1) is 6.89. The molecule has 1 heterocycles. The molecule has 1 aromatic rings. The van der Waals surface area contributed by atoms with Crippen molar-refractivity contribution < 1.29 is 9.90 Å². The lowest BCUT2D eigenvalue weighted by molar-refractivity contribution is -0.144. The fraction of sp³-hybridized carbons (Fsp3) is 0.556. The maximum Gasteiger partial charge on any atom is 0.325 e. The predicted molar refractivity (Wildman–Crippen MR) is 57.1 cm³/mol. The Bertz CT molecular complexity index is 358. The Morgan fingerprint density at radius 3 is 2.73 bits per heavy atom. The number of aryl methyl sites for hydroxylation is 1. The monoisotopic (exact) mass is 231 g/mol. The minimum absolute atomic E-state index is 0.229. The Balaban J connectivity index is 2.88. The summed E-state index contributed by atoms with van der Waals surface area (Å²) in [5.74, 6) is -0.922. The van der Waals surface area contributed by atoms with Crippen LogP contribution < -0.4 is 5.32 Å². The summed E-state index contributed by atoms with van der Waals surface area (Å²) >= 11 is 5.83. The van der Waals surface area contributed by atoms with Crippen LogP contribution in [0.5, 0.6) is 0 Å². The molecule has 0 bridgehead atoms. The van der Waals surface area contributed by atoms with Gasteiger partial charge in [0.05, 0.1) is 17.3 Å². The zero-order chi connectivity index (χ0) is 11.6. The van der Waals surface area contributed by atoms with Gasteiger partial charge in [0.1, 0.15) is 5.54 Å². The van der Waals surface area contributed by atoms with Crippen LogP contribution in [0.25, 0.3) is 0 Å². The van der Waals surface area contributed by atoms with Crippen molar-refractivity contribution in [2.75, 3.05) is 7.05 Å². The lowest BCUT2D eigenvalue weighted by atomic mass is 10.0. The van der Waals surface area contributed by atoms with E-state index in [1.165, 1.54) is 4.68 Å². The molecule has 1 rings (SSSR count). The average Bonchev–Trinajstić information content (AvgIpc) is 2.45. The number of rotatable bonds is 4. The second-order valence-electron chi connectivity index (χ2n) is 3.65. The highest BCUT2D eigenvalue weighted by Crippen LogP contribution is 2.14. The number of nitrogens with one attached hydrogen (secondary N) is 1. The van der Waals surface area contributed by atoms with E-state index in [0.29, 0.717) is 10.7 Å². The van der Waals surface area contributed by atoms with Crippen molar-refractivity contribution in [3.05, 3.63) is 16.9 Å². The molecule has 15 heavy (non-hydrogen) atoms. The van der Waals surface area contributed by atoms with Crippen molar-refractivity contribution in [1.29, 1.82) is 0 Å².